The van der Waals surface area contributed by atoms with E-state index in [4.69, 9.17) is 0 Å². The Bertz CT molecular complexity index is 1880. The first-order valence-electron chi connectivity index (χ1n) is 18.1. The molecule has 14 N–H and O–H groups in total. The monoisotopic (exact) mass is 1570 g/mol. The second-order valence-electron chi connectivity index (χ2n) is 13.2. The van der Waals surface area contributed by atoms with Crippen molar-refractivity contribution in [3.63, 3.8) is 0 Å². The molecule has 0 aliphatic carbocycles. The number of aliphatic hydroxyl groups excluding tert-OH is 10. The minimum atomic E-state index is -2.04. The molecule has 2 atom stereocenters. The second-order valence-corrected chi connectivity index (χ2v) is 19.7. The first-order valence-corrected chi connectivity index (χ1v) is 24.6. The zero-order chi connectivity index (χ0) is 47.9. The van der Waals surface area contributed by atoms with E-state index in [1.165, 1.54) is 0 Å². The molecule has 0 heterocycles. The molecule has 2 unspecified atom stereocenters. The lowest BCUT2D eigenvalue weighted by Gasteiger charge is -2.40. The predicted octanol–water partition coefficient (Wildman–Crippen LogP) is -2.75. The quantitative estimate of drug-likeness (QED) is 0.0474. The first kappa shape index (κ1) is 58.4. The van der Waals surface area contributed by atoms with Gasteiger partial charge in [0.2, 0.25) is 0 Å². The van der Waals surface area contributed by atoms with E-state index < -0.39 is 132 Å². The number of hydrogen-bond acceptors (Lipinski definition) is 16. The largest absolute Gasteiger partial charge is 0.396 e. The second kappa shape index (κ2) is 27.9. The van der Waals surface area contributed by atoms with E-state index in [9.17, 15) is 79.8 Å². The Morgan fingerprint density at radius 3 is 1.00 bits per heavy atom. The number of benzene rings is 2. The first-order chi connectivity index (χ1) is 29.7. The van der Waals surface area contributed by atoms with Crippen molar-refractivity contribution in [1.82, 2.24) is 21.3 Å². The fourth-order valence-corrected chi connectivity index (χ4v) is 15.0. The summed E-state index contributed by atoms with van der Waals surface area (Å²) >= 11 is 10.3. The van der Waals surface area contributed by atoms with Crippen LogP contribution in [0.25, 0.3) is 0 Å². The van der Waals surface area contributed by atoms with E-state index in [-0.39, 0.29) is 68.1 Å². The van der Waals surface area contributed by atoms with E-state index in [0.717, 1.165) is 9.80 Å². The van der Waals surface area contributed by atoms with E-state index in [0.29, 0.717) is 0 Å². The molecule has 352 valence electrons. The minimum absolute atomic E-state index is 0.00629. The topological polar surface area (TPSA) is 359 Å². The van der Waals surface area contributed by atoms with Gasteiger partial charge in [-0.2, -0.15) is 0 Å². The Morgan fingerprint density at radius 1 is 0.476 bits per heavy atom. The van der Waals surface area contributed by atoms with Crippen LogP contribution in [0.2, 0.25) is 0 Å². The number of nitrogens with zero attached hydrogens (tertiary/aromatic N) is 2. The highest BCUT2D eigenvalue weighted by Gasteiger charge is 2.42. The molecule has 0 radical (unpaired) electrons. The van der Waals surface area contributed by atoms with Gasteiger partial charge in [0.25, 0.3) is 35.4 Å². The van der Waals surface area contributed by atoms with Gasteiger partial charge in [-0.05, 0) is 136 Å². The molecule has 28 heteroatoms. The molecule has 0 saturated heterocycles. The average Bonchev–Trinajstić information content (AvgIpc) is 3.26. The van der Waals surface area contributed by atoms with E-state index in [2.05, 4.69) is 21.3 Å². The van der Waals surface area contributed by atoms with Crippen molar-refractivity contribution < 1.29 is 79.8 Å². The van der Waals surface area contributed by atoms with E-state index in [1.54, 1.807) is 136 Å². The molecule has 2 aromatic carbocycles. The molecule has 0 aliphatic rings. The Morgan fingerprint density at radius 2 is 0.762 bits per heavy atom. The van der Waals surface area contributed by atoms with Crippen molar-refractivity contribution in [2.45, 2.75) is 12.2 Å². The Kier molecular flexibility index (Phi) is 25.9. The Hall–Kier alpha value is -0.760. The highest BCUT2D eigenvalue weighted by molar-refractivity contribution is 14.1. The summed E-state index contributed by atoms with van der Waals surface area (Å²) in [7, 11) is 0. The molecule has 0 bridgehead atoms. The van der Waals surface area contributed by atoms with Crippen molar-refractivity contribution in [3.05, 3.63) is 43.7 Å². The van der Waals surface area contributed by atoms with Gasteiger partial charge < -0.3 is 82.1 Å². The molecular formula is C35H44I6N6O16. The van der Waals surface area contributed by atoms with E-state index >= 15 is 0 Å². The third-order valence-corrected chi connectivity index (χ3v) is 15.1. The third-order valence-electron chi connectivity index (χ3n) is 8.78. The molecule has 22 nitrogen and oxygen atoms in total. The fourth-order valence-electron chi connectivity index (χ4n) is 5.54. The summed E-state index contributed by atoms with van der Waals surface area (Å²) in [4.78, 5) is 84.2. The lowest BCUT2D eigenvalue weighted by Crippen LogP contribution is -2.54. The number of rotatable bonds is 24. The third kappa shape index (κ3) is 14.6. The summed E-state index contributed by atoms with van der Waals surface area (Å²) in [5, 5.41) is 110. The lowest BCUT2D eigenvalue weighted by molar-refractivity contribution is -0.122. The highest BCUT2D eigenvalue weighted by Crippen LogP contribution is 2.42. The summed E-state index contributed by atoms with van der Waals surface area (Å²) in [5.74, 6) is -5.54. The number of nitrogens with one attached hydrogen (secondary N) is 4. The Balaban J connectivity index is 3.08. The van der Waals surface area contributed by atoms with Crippen molar-refractivity contribution in [2.75, 3.05) is 102 Å². The van der Waals surface area contributed by atoms with Gasteiger partial charge in [0.1, 0.15) is 13.2 Å². The average molecular weight is 1570 g/mol. The van der Waals surface area contributed by atoms with Gasteiger partial charge in [0.05, 0.1) is 105 Å². The number of hydrogen-bond donors (Lipinski definition) is 14. The maximum absolute atomic E-state index is 13.9. The maximum atomic E-state index is 13.9. The molecule has 2 rings (SSSR count). The number of carbonyl (C=O) groups excluding carboxylic acids is 6. The predicted molar refractivity (Wildman–Crippen MR) is 274 cm³/mol. The molecule has 2 aromatic rings. The van der Waals surface area contributed by atoms with Crippen molar-refractivity contribution >= 4 is 182 Å². The van der Waals surface area contributed by atoms with Crippen LogP contribution < -0.4 is 31.1 Å². The molecule has 0 aromatic heterocycles. The van der Waals surface area contributed by atoms with Crippen molar-refractivity contribution in [3.8, 4) is 0 Å². The van der Waals surface area contributed by atoms with Gasteiger partial charge in [0, 0.05) is 46.4 Å². The molecular weight excluding hydrogens is 1520 g/mol. The van der Waals surface area contributed by atoms with Crippen LogP contribution in [0.15, 0.2) is 0 Å². The number of amides is 6. The normalized spacial score (nSPS) is 12.3. The van der Waals surface area contributed by atoms with Crippen LogP contribution in [-0.2, 0) is 9.59 Å². The fraction of sp³-hybridized carbons (Fsp3) is 0.486. The summed E-state index contributed by atoms with van der Waals surface area (Å²) in [5.41, 5.74) is -3.17. The summed E-state index contributed by atoms with van der Waals surface area (Å²) in [6.07, 6.45) is -2.75. The molecule has 6 amide bonds. The molecule has 0 aliphatic heterocycles. The molecule has 0 saturated carbocycles. The number of anilines is 2. The zero-order valence-electron chi connectivity index (χ0n) is 32.6. The summed E-state index contributed by atoms with van der Waals surface area (Å²) in [6, 6.07) is 0. The molecule has 63 heavy (non-hydrogen) atoms. The van der Waals surface area contributed by atoms with Gasteiger partial charge in [-0.3, -0.25) is 28.8 Å². The van der Waals surface area contributed by atoms with E-state index in [1.807, 2.05) is 0 Å². The van der Waals surface area contributed by atoms with Crippen molar-refractivity contribution in [1.29, 1.82) is 0 Å². The van der Waals surface area contributed by atoms with Gasteiger partial charge in [-0.15, -0.1) is 0 Å². The smallest absolute Gasteiger partial charge is 0.253 e. The Labute approximate surface area is 441 Å². The molecule has 0 spiro atoms. The van der Waals surface area contributed by atoms with Crippen LogP contribution in [0.5, 0.6) is 0 Å². The standard InChI is InChI=1S/C35H44I6N6O16/c36-23-19(31(60)42-1-3-48)25(38)29(27(40)21(23)33(62)44-5-15(56)7-50)46(17(58)9-52)11-35(13-54,14-55)12-47(18(59)10-53)30-26(39)20(32(61)43-2-4-49)24(37)22(28(30)41)34(63)45-6-16(57)8-51/h15-16,48-57H,1-14H2,(H,42,60)(H,43,61)(H,44,62)(H,45,63). The number of aliphatic hydroxyl groups is 10. The van der Waals surface area contributed by atoms with Crippen LogP contribution in [0, 0.1) is 26.8 Å². The minimum Gasteiger partial charge on any atom is -0.396 e. The van der Waals surface area contributed by atoms with Gasteiger partial charge >= 0.3 is 0 Å². The lowest BCUT2D eigenvalue weighted by atomic mass is 9.87. The zero-order valence-corrected chi connectivity index (χ0v) is 45.6. The van der Waals surface area contributed by atoms with Crippen LogP contribution in [-0.4, -0.2) is 191 Å². The SMILES string of the molecule is O=C(NCCO)c1c(I)c(C(=O)NCC(O)CO)c(I)c(N(CC(CO)(CO)CN(C(=O)CO)c2c(I)c(C(=O)NCCO)c(I)c(C(=O)NCC(O)CO)c2I)C(=O)CO)c1I. The van der Waals surface area contributed by atoms with Gasteiger partial charge in [-0.25, -0.2) is 0 Å². The van der Waals surface area contributed by atoms with Crippen LogP contribution in [0.4, 0.5) is 11.4 Å². The number of carbonyl (C=O) groups is 6. The van der Waals surface area contributed by atoms with Crippen LogP contribution >= 0.6 is 136 Å². The summed E-state index contributed by atoms with van der Waals surface area (Å²) < 4.78 is 0.120. The van der Waals surface area contributed by atoms with Crippen molar-refractivity contribution in [2.24, 2.45) is 5.41 Å². The van der Waals surface area contributed by atoms with Crippen LogP contribution in [0.3, 0.4) is 0 Å². The van der Waals surface area contributed by atoms with Gasteiger partial charge in [-0.1, -0.05) is 0 Å². The summed E-state index contributed by atoms with van der Waals surface area (Å²) in [6.45, 7) is -9.71. The maximum Gasteiger partial charge on any atom is 0.253 e. The van der Waals surface area contributed by atoms with Crippen LogP contribution in [0.1, 0.15) is 41.4 Å². The van der Waals surface area contributed by atoms with Gasteiger partial charge in [0.15, 0.2) is 0 Å². The highest BCUT2D eigenvalue weighted by atomic mass is 127. The molecule has 0 fully saturated rings. The number of halogens is 6.